The van der Waals surface area contributed by atoms with Gasteiger partial charge in [-0.3, -0.25) is 9.20 Å². The molecule has 6 heteroatoms. The molecule has 3 heterocycles. The van der Waals surface area contributed by atoms with E-state index in [0.29, 0.717) is 30.3 Å². The highest BCUT2D eigenvalue weighted by Crippen LogP contribution is 2.23. The molecule has 0 saturated carbocycles. The lowest BCUT2D eigenvalue weighted by molar-refractivity contribution is 0.0781. The molecule has 1 amide bonds. The van der Waals surface area contributed by atoms with Gasteiger partial charge < -0.3 is 10.6 Å². The van der Waals surface area contributed by atoms with Crippen molar-refractivity contribution in [2.24, 2.45) is 11.7 Å². The Hall–Kier alpha value is -1.59. The van der Waals surface area contributed by atoms with E-state index < -0.39 is 0 Å². The first-order valence-corrected chi connectivity index (χ1v) is 6.70. The van der Waals surface area contributed by atoms with Crippen LogP contribution in [0.15, 0.2) is 24.4 Å². The molecule has 1 fully saturated rings. The molecule has 0 spiro atoms. The molecule has 0 aliphatic carbocycles. The number of aromatic nitrogens is 2. The van der Waals surface area contributed by atoms with Gasteiger partial charge in [-0.1, -0.05) is 17.7 Å². The van der Waals surface area contributed by atoms with E-state index in [0.717, 1.165) is 13.0 Å². The van der Waals surface area contributed by atoms with Crippen molar-refractivity contribution < 1.29 is 4.79 Å². The molecule has 1 aliphatic rings. The zero-order valence-electron chi connectivity index (χ0n) is 10.4. The third kappa shape index (κ3) is 2.09. The average molecular weight is 279 g/mol. The van der Waals surface area contributed by atoms with Crippen LogP contribution in [-0.2, 0) is 0 Å². The number of nitrogens with two attached hydrogens (primary N) is 1. The molecule has 19 heavy (non-hydrogen) atoms. The van der Waals surface area contributed by atoms with Crippen molar-refractivity contribution in [1.82, 2.24) is 14.3 Å². The van der Waals surface area contributed by atoms with E-state index in [2.05, 4.69) is 4.98 Å². The zero-order valence-corrected chi connectivity index (χ0v) is 11.2. The molecule has 1 atom stereocenters. The first-order chi connectivity index (χ1) is 9.20. The van der Waals surface area contributed by atoms with Gasteiger partial charge in [0.2, 0.25) is 0 Å². The fraction of sp³-hybridized carbons (Fsp3) is 0.385. The van der Waals surface area contributed by atoms with Crippen LogP contribution in [0.5, 0.6) is 0 Å². The second-order valence-electron chi connectivity index (χ2n) is 4.82. The maximum absolute atomic E-state index is 12.5. The van der Waals surface area contributed by atoms with Crippen molar-refractivity contribution in [2.45, 2.75) is 6.42 Å². The largest absolute Gasteiger partial charge is 0.337 e. The lowest BCUT2D eigenvalue weighted by Gasteiger charge is -2.16. The summed E-state index contributed by atoms with van der Waals surface area (Å²) in [7, 11) is 0. The highest BCUT2D eigenvalue weighted by molar-refractivity contribution is 6.32. The number of imidazole rings is 1. The van der Waals surface area contributed by atoms with Gasteiger partial charge in [0.1, 0.15) is 5.65 Å². The number of pyridine rings is 1. The minimum Gasteiger partial charge on any atom is -0.337 e. The summed E-state index contributed by atoms with van der Waals surface area (Å²) < 4.78 is 1.74. The Labute approximate surface area is 116 Å². The number of rotatable bonds is 2. The summed E-state index contributed by atoms with van der Waals surface area (Å²) in [5, 5.41) is 0.257. The molecule has 2 aromatic rings. The minimum atomic E-state index is -0.0698. The fourth-order valence-corrected chi connectivity index (χ4v) is 2.78. The summed E-state index contributed by atoms with van der Waals surface area (Å²) in [6.07, 6.45) is 2.76. The van der Waals surface area contributed by atoms with Gasteiger partial charge in [0.15, 0.2) is 10.8 Å². The van der Waals surface area contributed by atoms with Crippen LogP contribution in [0.2, 0.25) is 5.15 Å². The standard InChI is InChI=1S/C13H15ClN4O/c14-12-11(18-5-2-1-3-10(18)16-12)13(19)17-6-4-9(7-15)8-17/h1-3,5,9H,4,6-8,15H2/t9-/m0/s1. The van der Waals surface area contributed by atoms with Crippen molar-refractivity contribution in [2.75, 3.05) is 19.6 Å². The number of hydrogen-bond acceptors (Lipinski definition) is 3. The van der Waals surface area contributed by atoms with E-state index in [9.17, 15) is 4.79 Å². The van der Waals surface area contributed by atoms with Crippen LogP contribution in [0.4, 0.5) is 0 Å². The van der Waals surface area contributed by atoms with Gasteiger partial charge in [-0.2, -0.15) is 0 Å². The molecular formula is C13H15ClN4O. The maximum atomic E-state index is 12.5. The van der Waals surface area contributed by atoms with Crippen molar-refractivity contribution in [1.29, 1.82) is 0 Å². The predicted molar refractivity (Wildman–Crippen MR) is 73.3 cm³/mol. The summed E-state index contributed by atoms with van der Waals surface area (Å²) in [4.78, 5) is 18.6. The molecule has 2 aromatic heterocycles. The van der Waals surface area contributed by atoms with Crippen LogP contribution in [0.3, 0.4) is 0 Å². The normalized spacial score (nSPS) is 19.3. The third-order valence-corrected chi connectivity index (χ3v) is 3.86. The second kappa shape index (κ2) is 4.83. The van der Waals surface area contributed by atoms with E-state index >= 15 is 0 Å². The Morgan fingerprint density at radius 3 is 3.11 bits per heavy atom. The maximum Gasteiger partial charge on any atom is 0.274 e. The number of carbonyl (C=O) groups is 1. The summed E-state index contributed by atoms with van der Waals surface area (Å²) >= 11 is 6.11. The summed E-state index contributed by atoms with van der Waals surface area (Å²) in [6, 6.07) is 5.55. The lowest BCUT2D eigenvalue weighted by Crippen LogP contribution is -2.30. The smallest absolute Gasteiger partial charge is 0.274 e. The second-order valence-corrected chi connectivity index (χ2v) is 5.18. The first kappa shape index (κ1) is 12.4. The fourth-order valence-electron chi connectivity index (χ4n) is 2.52. The number of amides is 1. The summed E-state index contributed by atoms with van der Waals surface area (Å²) in [5.41, 5.74) is 6.78. The molecule has 2 N–H and O–H groups in total. The third-order valence-electron chi connectivity index (χ3n) is 3.60. The van der Waals surface area contributed by atoms with E-state index in [1.165, 1.54) is 0 Å². The van der Waals surface area contributed by atoms with Crippen molar-refractivity contribution in [3.05, 3.63) is 35.2 Å². The van der Waals surface area contributed by atoms with E-state index in [4.69, 9.17) is 17.3 Å². The molecule has 0 unspecified atom stereocenters. The van der Waals surface area contributed by atoms with Crippen LogP contribution >= 0.6 is 11.6 Å². The quantitative estimate of drug-likeness (QED) is 0.903. The van der Waals surface area contributed by atoms with Crippen LogP contribution in [0.1, 0.15) is 16.9 Å². The van der Waals surface area contributed by atoms with Crippen LogP contribution in [0.25, 0.3) is 5.65 Å². The highest BCUT2D eigenvalue weighted by atomic mass is 35.5. The monoisotopic (exact) mass is 278 g/mol. The van der Waals surface area contributed by atoms with Crippen molar-refractivity contribution >= 4 is 23.2 Å². The Balaban J connectivity index is 1.96. The van der Waals surface area contributed by atoms with E-state index in [-0.39, 0.29) is 11.1 Å². The van der Waals surface area contributed by atoms with Gasteiger partial charge in [0.25, 0.3) is 5.91 Å². The average Bonchev–Trinajstić information content (AvgIpc) is 3.01. The zero-order chi connectivity index (χ0) is 13.4. The van der Waals surface area contributed by atoms with Crippen LogP contribution in [-0.4, -0.2) is 39.8 Å². The molecule has 3 rings (SSSR count). The van der Waals surface area contributed by atoms with E-state index in [1.54, 1.807) is 15.5 Å². The van der Waals surface area contributed by atoms with Crippen LogP contribution in [0, 0.1) is 5.92 Å². The highest BCUT2D eigenvalue weighted by Gasteiger charge is 2.29. The number of fused-ring (bicyclic) bond motifs is 1. The minimum absolute atomic E-state index is 0.0698. The molecule has 1 saturated heterocycles. The van der Waals surface area contributed by atoms with Gasteiger partial charge in [-0.05, 0) is 31.0 Å². The van der Waals surface area contributed by atoms with Gasteiger partial charge >= 0.3 is 0 Å². The van der Waals surface area contributed by atoms with Gasteiger partial charge in [-0.25, -0.2) is 4.98 Å². The molecule has 0 radical (unpaired) electrons. The summed E-state index contributed by atoms with van der Waals surface area (Å²) in [5.74, 6) is 0.321. The number of carbonyl (C=O) groups excluding carboxylic acids is 1. The summed E-state index contributed by atoms with van der Waals surface area (Å²) in [6.45, 7) is 2.05. The number of likely N-dealkylation sites (tertiary alicyclic amines) is 1. The molecular weight excluding hydrogens is 264 g/mol. The predicted octanol–water partition coefficient (Wildman–Crippen LogP) is 1.41. The Morgan fingerprint density at radius 2 is 2.37 bits per heavy atom. The molecule has 0 bridgehead atoms. The number of halogens is 1. The molecule has 100 valence electrons. The molecule has 1 aliphatic heterocycles. The SMILES string of the molecule is NC[C@@H]1CCN(C(=O)c2c(Cl)nc3ccccn23)C1. The Bertz CT molecular complexity index is 624. The number of hydrogen-bond donors (Lipinski definition) is 1. The number of nitrogens with zero attached hydrogens (tertiary/aromatic N) is 3. The lowest BCUT2D eigenvalue weighted by atomic mass is 10.1. The van der Waals surface area contributed by atoms with Crippen molar-refractivity contribution in [3.63, 3.8) is 0 Å². The van der Waals surface area contributed by atoms with Crippen molar-refractivity contribution in [3.8, 4) is 0 Å². The topological polar surface area (TPSA) is 63.6 Å². The van der Waals surface area contributed by atoms with Gasteiger partial charge in [0.05, 0.1) is 0 Å². The van der Waals surface area contributed by atoms with Gasteiger partial charge in [0, 0.05) is 19.3 Å². The Morgan fingerprint density at radius 1 is 1.53 bits per heavy atom. The molecule has 5 nitrogen and oxygen atoms in total. The first-order valence-electron chi connectivity index (χ1n) is 6.32. The van der Waals surface area contributed by atoms with Crippen LogP contribution < -0.4 is 5.73 Å². The Kier molecular flexibility index (Phi) is 3.16. The van der Waals surface area contributed by atoms with E-state index in [1.807, 2.05) is 18.2 Å². The molecule has 0 aromatic carbocycles. The van der Waals surface area contributed by atoms with Gasteiger partial charge in [-0.15, -0.1) is 0 Å².